The lowest BCUT2D eigenvalue weighted by Crippen LogP contribution is -2.41. The minimum atomic E-state index is -0.215. The maximum Gasteiger partial charge on any atom is 0.261 e. The van der Waals surface area contributed by atoms with Crippen LogP contribution in [0.3, 0.4) is 0 Å². The third-order valence-corrected chi connectivity index (χ3v) is 5.24. The SMILES string of the molecule is O=C(Cn1cnc2ccccc2c1=O)NC[C@@H](c1ccco1)N1CCCCC1. The molecule has 146 valence electrons. The second-order valence-corrected chi connectivity index (χ2v) is 7.13. The molecule has 0 aliphatic carbocycles. The van der Waals surface area contributed by atoms with Gasteiger partial charge in [0.05, 0.1) is 29.5 Å². The van der Waals surface area contributed by atoms with Gasteiger partial charge in [-0.3, -0.25) is 19.1 Å². The van der Waals surface area contributed by atoms with Crippen molar-refractivity contribution in [2.24, 2.45) is 0 Å². The van der Waals surface area contributed by atoms with Crippen molar-refractivity contribution in [2.75, 3.05) is 19.6 Å². The molecule has 1 fully saturated rings. The van der Waals surface area contributed by atoms with Crippen LogP contribution in [-0.2, 0) is 11.3 Å². The Kier molecular flexibility index (Phi) is 5.53. The van der Waals surface area contributed by atoms with Crippen LogP contribution >= 0.6 is 0 Å². The minimum absolute atomic E-state index is 0.00528. The Balaban J connectivity index is 1.44. The predicted molar refractivity (Wildman–Crippen MR) is 106 cm³/mol. The van der Waals surface area contributed by atoms with Gasteiger partial charge in [-0.1, -0.05) is 18.6 Å². The number of carbonyl (C=O) groups excluding carboxylic acids is 1. The molecule has 0 saturated carbocycles. The van der Waals surface area contributed by atoms with Crippen molar-refractivity contribution < 1.29 is 9.21 Å². The number of piperidine rings is 1. The zero-order valence-corrected chi connectivity index (χ0v) is 15.7. The molecule has 0 bridgehead atoms. The van der Waals surface area contributed by atoms with Crippen molar-refractivity contribution in [2.45, 2.75) is 31.8 Å². The van der Waals surface area contributed by atoms with Gasteiger partial charge in [-0.2, -0.15) is 0 Å². The van der Waals surface area contributed by atoms with E-state index in [-0.39, 0.29) is 24.1 Å². The number of nitrogens with zero attached hydrogens (tertiary/aromatic N) is 3. The molecule has 1 amide bonds. The van der Waals surface area contributed by atoms with Crippen LogP contribution in [0.5, 0.6) is 0 Å². The Morgan fingerprint density at radius 3 is 2.75 bits per heavy atom. The van der Waals surface area contributed by atoms with Crippen molar-refractivity contribution in [1.82, 2.24) is 19.8 Å². The van der Waals surface area contributed by atoms with Gasteiger partial charge in [-0.05, 0) is 50.2 Å². The van der Waals surface area contributed by atoms with Crippen molar-refractivity contribution in [1.29, 1.82) is 0 Å². The number of hydrogen-bond donors (Lipinski definition) is 1. The van der Waals surface area contributed by atoms with Crippen LogP contribution in [0.1, 0.15) is 31.1 Å². The van der Waals surface area contributed by atoms with E-state index in [0.717, 1.165) is 31.7 Å². The Labute approximate surface area is 163 Å². The minimum Gasteiger partial charge on any atom is -0.468 e. The van der Waals surface area contributed by atoms with E-state index < -0.39 is 0 Å². The molecule has 0 radical (unpaired) electrons. The fraction of sp³-hybridized carbons (Fsp3) is 0.381. The van der Waals surface area contributed by atoms with E-state index in [9.17, 15) is 9.59 Å². The fourth-order valence-electron chi connectivity index (χ4n) is 3.76. The lowest BCUT2D eigenvalue weighted by Gasteiger charge is -2.33. The summed E-state index contributed by atoms with van der Waals surface area (Å²) in [6.07, 6.45) is 6.64. The highest BCUT2D eigenvalue weighted by Crippen LogP contribution is 2.24. The molecule has 1 aliphatic rings. The van der Waals surface area contributed by atoms with Crippen LogP contribution in [0.15, 0.2) is 58.2 Å². The molecular weight excluding hydrogens is 356 g/mol. The van der Waals surface area contributed by atoms with Gasteiger partial charge >= 0.3 is 0 Å². The molecule has 7 heteroatoms. The molecule has 1 aliphatic heterocycles. The van der Waals surface area contributed by atoms with E-state index in [4.69, 9.17) is 4.42 Å². The number of aromatic nitrogens is 2. The monoisotopic (exact) mass is 380 g/mol. The van der Waals surface area contributed by atoms with Gasteiger partial charge in [0.1, 0.15) is 12.3 Å². The topological polar surface area (TPSA) is 80.4 Å². The highest BCUT2D eigenvalue weighted by Gasteiger charge is 2.25. The summed E-state index contributed by atoms with van der Waals surface area (Å²) in [6.45, 7) is 2.38. The first-order valence-corrected chi connectivity index (χ1v) is 9.71. The first-order valence-electron chi connectivity index (χ1n) is 9.71. The molecule has 0 unspecified atom stereocenters. The van der Waals surface area contributed by atoms with E-state index in [2.05, 4.69) is 15.2 Å². The maximum atomic E-state index is 12.6. The summed E-state index contributed by atoms with van der Waals surface area (Å²) in [6, 6.07) is 11.0. The molecule has 2 aromatic heterocycles. The number of carbonyl (C=O) groups is 1. The van der Waals surface area contributed by atoms with E-state index in [1.165, 1.54) is 17.3 Å². The molecule has 4 rings (SSSR count). The van der Waals surface area contributed by atoms with Gasteiger partial charge in [0.15, 0.2) is 0 Å². The van der Waals surface area contributed by atoms with Crippen LogP contribution < -0.4 is 10.9 Å². The normalized spacial score (nSPS) is 16.1. The molecule has 1 N–H and O–H groups in total. The Hall–Kier alpha value is -2.93. The quantitative estimate of drug-likeness (QED) is 0.710. The maximum absolute atomic E-state index is 12.6. The Bertz CT molecular complexity index is 990. The zero-order chi connectivity index (χ0) is 19.3. The number of rotatable bonds is 6. The molecule has 1 atom stereocenters. The van der Waals surface area contributed by atoms with E-state index in [0.29, 0.717) is 17.4 Å². The zero-order valence-electron chi connectivity index (χ0n) is 15.7. The van der Waals surface area contributed by atoms with Crippen LogP contribution in [0.25, 0.3) is 10.9 Å². The molecule has 1 aromatic carbocycles. The van der Waals surface area contributed by atoms with Crippen molar-refractivity contribution in [3.63, 3.8) is 0 Å². The highest BCUT2D eigenvalue weighted by atomic mass is 16.3. The molecular formula is C21H24N4O3. The molecule has 1 saturated heterocycles. The average Bonchev–Trinajstić information content (AvgIpc) is 3.26. The van der Waals surface area contributed by atoms with Crippen molar-refractivity contribution in [3.05, 3.63) is 65.1 Å². The van der Waals surface area contributed by atoms with E-state index in [1.54, 1.807) is 24.5 Å². The third-order valence-electron chi connectivity index (χ3n) is 5.24. The standard InChI is InChI=1S/C21H24N4O3/c26-20(14-25-15-23-17-8-3-2-7-16(17)21(25)27)22-13-18(19-9-6-12-28-19)24-10-4-1-5-11-24/h2-3,6-9,12,15,18H,1,4-5,10-11,13-14H2,(H,22,26)/t18-/m0/s1. The number of furan rings is 1. The first kappa shape index (κ1) is 18.4. The van der Waals surface area contributed by atoms with E-state index >= 15 is 0 Å². The van der Waals surface area contributed by atoms with Gasteiger partial charge in [0.2, 0.25) is 5.91 Å². The molecule has 3 aromatic rings. The number of para-hydroxylation sites is 1. The van der Waals surface area contributed by atoms with Crippen LogP contribution in [-0.4, -0.2) is 40.0 Å². The number of fused-ring (bicyclic) bond motifs is 1. The predicted octanol–water partition coefficient (Wildman–Crippen LogP) is 2.33. The van der Waals surface area contributed by atoms with Crippen LogP contribution in [0.2, 0.25) is 0 Å². The van der Waals surface area contributed by atoms with Crippen LogP contribution in [0, 0.1) is 0 Å². The number of nitrogens with one attached hydrogen (secondary N) is 1. The summed E-state index contributed by atoms with van der Waals surface area (Å²) in [4.78, 5) is 31.7. The number of benzene rings is 1. The molecule has 7 nitrogen and oxygen atoms in total. The van der Waals surface area contributed by atoms with Gasteiger partial charge in [-0.15, -0.1) is 0 Å². The van der Waals surface area contributed by atoms with Gasteiger partial charge in [0, 0.05) is 6.54 Å². The second kappa shape index (κ2) is 8.39. The summed E-state index contributed by atoms with van der Waals surface area (Å²) in [5.41, 5.74) is 0.423. The summed E-state index contributed by atoms with van der Waals surface area (Å²) < 4.78 is 6.96. The summed E-state index contributed by atoms with van der Waals surface area (Å²) in [5.74, 6) is 0.638. The number of hydrogen-bond acceptors (Lipinski definition) is 5. The lowest BCUT2D eigenvalue weighted by atomic mass is 10.1. The van der Waals surface area contributed by atoms with Gasteiger partial charge in [-0.25, -0.2) is 4.98 Å². The lowest BCUT2D eigenvalue weighted by molar-refractivity contribution is -0.122. The molecule has 3 heterocycles. The summed E-state index contributed by atoms with van der Waals surface area (Å²) >= 11 is 0. The van der Waals surface area contributed by atoms with Crippen molar-refractivity contribution >= 4 is 16.8 Å². The smallest absolute Gasteiger partial charge is 0.261 e. The third kappa shape index (κ3) is 3.99. The summed E-state index contributed by atoms with van der Waals surface area (Å²) in [5, 5.41) is 3.48. The second-order valence-electron chi connectivity index (χ2n) is 7.13. The number of likely N-dealkylation sites (tertiary alicyclic amines) is 1. The average molecular weight is 380 g/mol. The highest BCUT2D eigenvalue weighted by molar-refractivity contribution is 5.78. The first-order chi connectivity index (χ1) is 13.7. The number of amides is 1. The van der Waals surface area contributed by atoms with Gasteiger partial charge in [0.25, 0.3) is 5.56 Å². The Morgan fingerprint density at radius 1 is 1.14 bits per heavy atom. The molecule has 0 spiro atoms. The summed E-state index contributed by atoms with van der Waals surface area (Å²) in [7, 11) is 0. The van der Waals surface area contributed by atoms with E-state index in [1.807, 2.05) is 18.2 Å². The van der Waals surface area contributed by atoms with Gasteiger partial charge < -0.3 is 9.73 Å². The van der Waals surface area contributed by atoms with Crippen molar-refractivity contribution in [3.8, 4) is 0 Å². The fourth-order valence-corrected chi connectivity index (χ4v) is 3.76. The van der Waals surface area contributed by atoms with Crippen LogP contribution in [0.4, 0.5) is 0 Å². The molecule has 28 heavy (non-hydrogen) atoms. The Morgan fingerprint density at radius 2 is 1.96 bits per heavy atom. The largest absolute Gasteiger partial charge is 0.468 e.